The van der Waals surface area contributed by atoms with Crippen molar-refractivity contribution in [1.29, 1.82) is 0 Å². The zero-order valence-corrected chi connectivity index (χ0v) is 17.0. The van der Waals surface area contributed by atoms with Gasteiger partial charge in [-0.3, -0.25) is 9.59 Å². The van der Waals surface area contributed by atoms with E-state index in [1.807, 2.05) is 60.7 Å². The topological polar surface area (TPSA) is 84.2 Å². The maximum Gasteiger partial charge on any atom is 0.239 e. The Morgan fingerprint density at radius 2 is 1.79 bits per heavy atom. The van der Waals surface area contributed by atoms with E-state index in [0.29, 0.717) is 5.69 Å². The molecule has 5 nitrogen and oxygen atoms in total. The molecule has 1 aliphatic rings. The lowest BCUT2D eigenvalue weighted by atomic mass is 9.75. The van der Waals surface area contributed by atoms with Crippen LogP contribution in [-0.2, 0) is 9.59 Å². The first kappa shape index (κ1) is 18.6. The molecule has 7 heteroatoms. The van der Waals surface area contributed by atoms with Crippen LogP contribution in [0.5, 0.6) is 0 Å². The summed E-state index contributed by atoms with van der Waals surface area (Å²) in [5, 5.41) is 7.17. The maximum atomic E-state index is 12.9. The summed E-state index contributed by atoms with van der Waals surface area (Å²) in [4.78, 5) is 25.8. The Balaban J connectivity index is 1.97. The highest BCUT2D eigenvalue weighted by Gasteiger charge is 2.42. The highest BCUT2D eigenvalue weighted by Crippen LogP contribution is 2.44. The molecule has 140 valence electrons. The summed E-state index contributed by atoms with van der Waals surface area (Å²) in [5.74, 6) is -2.38. The summed E-state index contributed by atoms with van der Waals surface area (Å²) in [7, 11) is 0. The van der Waals surface area contributed by atoms with Gasteiger partial charge in [0.05, 0.1) is 0 Å². The fraction of sp³-hybridized carbons (Fsp3) is 0.0952. The Bertz CT molecular complexity index is 1110. The molecule has 3 aromatic carbocycles. The van der Waals surface area contributed by atoms with E-state index in [-0.39, 0.29) is 11.0 Å². The monoisotopic (exact) mass is 453 g/mol. The number of nitrogens with two attached hydrogens (primary N) is 1. The van der Waals surface area contributed by atoms with Crippen LogP contribution in [0.3, 0.4) is 0 Å². The fourth-order valence-corrected chi connectivity index (χ4v) is 4.13. The van der Waals surface area contributed by atoms with Crippen molar-refractivity contribution < 1.29 is 9.59 Å². The molecular weight excluding hydrogens is 438 g/mol. The van der Waals surface area contributed by atoms with Crippen LogP contribution < -0.4 is 16.4 Å². The van der Waals surface area contributed by atoms with Gasteiger partial charge in [0.25, 0.3) is 0 Å². The van der Waals surface area contributed by atoms with Crippen molar-refractivity contribution in [2.45, 2.75) is 5.92 Å². The van der Waals surface area contributed by atoms with Crippen molar-refractivity contribution >= 4 is 61.5 Å². The number of halogens is 1. The van der Waals surface area contributed by atoms with Gasteiger partial charge in [-0.05, 0) is 52.3 Å². The smallest absolute Gasteiger partial charge is 0.239 e. The first-order valence-corrected chi connectivity index (χ1v) is 9.84. The molecule has 1 heterocycles. The lowest BCUT2D eigenvalue weighted by Gasteiger charge is -2.33. The van der Waals surface area contributed by atoms with E-state index < -0.39 is 17.7 Å². The molecule has 2 amide bonds. The molecule has 0 fully saturated rings. The van der Waals surface area contributed by atoms with Gasteiger partial charge in [0.2, 0.25) is 11.8 Å². The second kappa shape index (κ2) is 7.33. The zero-order chi connectivity index (χ0) is 19.8. The van der Waals surface area contributed by atoms with E-state index in [1.165, 1.54) is 0 Å². The first-order valence-electron chi connectivity index (χ1n) is 8.64. The number of rotatable bonds is 2. The Labute approximate surface area is 175 Å². The average molecular weight is 454 g/mol. The minimum atomic E-state index is -0.999. The van der Waals surface area contributed by atoms with Gasteiger partial charge in [-0.15, -0.1) is 0 Å². The molecule has 0 bridgehead atoms. The van der Waals surface area contributed by atoms with Crippen molar-refractivity contribution in [2.24, 2.45) is 11.7 Å². The molecule has 4 rings (SSSR count). The molecule has 2 atom stereocenters. The molecule has 0 saturated carbocycles. The third-order valence-electron chi connectivity index (χ3n) is 4.91. The number of carbonyl (C=O) groups excluding carboxylic acids is 2. The van der Waals surface area contributed by atoms with Crippen LogP contribution in [-0.4, -0.2) is 16.9 Å². The normalized spacial score (nSPS) is 18.2. The molecule has 28 heavy (non-hydrogen) atoms. The summed E-state index contributed by atoms with van der Waals surface area (Å²) < 4.78 is 0.916. The lowest BCUT2D eigenvalue weighted by Crippen LogP contribution is -2.47. The number of fused-ring (bicyclic) bond motifs is 3. The van der Waals surface area contributed by atoms with Crippen LogP contribution in [0.4, 0.5) is 5.69 Å². The standard InChI is InChI=1S/C21H16BrN3O2S/c22-13-8-5-12(6-9-13)16-17-14-4-2-1-3-11(14)7-10-15(17)24-19(26)18(16)20(27)25-21(23)28/h1-10,16,18H,(H,24,26)(H3,23,25,27,28). The highest BCUT2D eigenvalue weighted by molar-refractivity contribution is 9.10. The predicted octanol–water partition coefficient (Wildman–Crippen LogP) is 3.66. The van der Waals surface area contributed by atoms with Crippen molar-refractivity contribution in [3.05, 3.63) is 76.3 Å². The van der Waals surface area contributed by atoms with Gasteiger partial charge in [0, 0.05) is 16.1 Å². The Kier molecular flexibility index (Phi) is 4.87. The third kappa shape index (κ3) is 3.27. The number of carbonyl (C=O) groups is 2. The summed E-state index contributed by atoms with van der Waals surface area (Å²) >= 11 is 8.25. The van der Waals surface area contributed by atoms with Crippen LogP contribution in [0.15, 0.2) is 65.1 Å². The SMILES string of the molecule is NC(=S)NC(=O)C1C(=O)Nc2ccc3ccccc3c2C1c1ccc(Br)cc1. The van der Waals surface area contributed by atoms with Crippen molar-refractivity contribution in [2.75, 3.05) is 5.32 Å². The molecule has 0 aromatic heterocycles. The largest absolute Gasteiger partial charge is 0.376 e. The van der Waals surface area contributed by atoms with Gasteiger partial charge in [0.1, 0.15) is 5.92 Å². The molecule has 0 aliphatic carbocycles. The summed E-state index contributed by atoms with van der Waals surface area (Å²) in [6.45, 7) is 0. The number of amides is 2. The van der Waals surface area contributed by atoms with Crippen molar-refractivity contribution in [3.63, 3.8) is 0 Å². The van der Waals surface area contributed by atoms with Crippen LogP contribution in [0.2, 0.25) is 0 Å². The van der Waals surface area contributed by atoms with Crippen LogP contribution in [0, 0.1) is 5.92 Å². The second-order valence-corrected chi connectivity index (χ2v) is 7.95. The van der Waals surface area contributed by atoms with E-state index in [0.717, 1.165) is 26.4 Å². The minimum Gasteiger partial charge on any atom is -0.376 e. The second-order valence-electron chi connectivity index (χ2n) is 6.60. The van der Waals surface area contributed by atoms with Crippen molar-refractivity contribution in [3.8, 4) is 0 Å². The molecule has 0 spiro atoms. The van der Waals surface area contributed by atoms with E-state index in [4.69, 9.17) is 18.0 Å². The molecular formula is C21H16BrN3O2S. The van der Waals surface area contributed by atoms with Crippen molar-refractivity contribution in [1.82, 2.24) is 5.32 Å². The van der Waals surface area contributed by atoms with Crippen LogP contribution in [0.25, 0.3) is 10.8 Å². The lowest BCUT2D eigenvalue weighted by molar-refractivity contribution is -0.132. The maximum absolute atomic E-state index is 12.9. The fourth-order valence-electron chi connectivity index (χ4n) is 3.77. The Morgan fingerprint density at radius 3 is 2.50 bits per heavy atom. The molecule has 3 aromatic rings. The van der Waals surface area contributed by atoms with E-state index >= 15 is 0 Å². The van der Waals surface area contributed by atoms with E-state index in [9.17, 15) is 9.59 Å². The molecule has 2 unspecified atom stereocenters. The third-order valence-corrected chi connectivity index (χ3v) is 5.54. The minimum absolute atomic E-state index is 0.156. The van der Waals surface area contributed by atoms with Gasteiger partial charge >= 0.3 is 0 Å². The molecule has 4 N–H and O–H groups in total. The highest BCUT2D eigenvalue weighted by atomic mass is 79.9. The predicted molar refractivity (Wildman–Crippen MR) is 117 cm³/mol. The summed E-state index contributed by atoms with van der Waals surface area (Å²) in [5.41, 5.74) is 7.97. The number of thiocarbonyl (C=S) groups is 1. The van der Waals surface area contributed by atoms with Crippen LogP contribution >= 0.6 is 28.1 Å². The zero-order valence-electron chi connectivity index (χ0n) is 14.6. The van der Waals surface area contributed by atoms with Gasteiger partial charge in [-0.2, -0.15) is 0 Å². The number of anilines is 1. The molecule has 0 radical (unpaired) electrons. The first-order chi connectivity index (χ1) is 13.5. The quantitative estimate of drug-likeness (QED) is 0.408. The van der Waals surface area contributed by atoms with E-state index in [2.05, 4.69) is 26.6 Å². The van der Waals surface area contributed by atoms with Gasteiger partial charge in [-0.1, -0.05) is 58.4 Å². The van der Waals surface area contributed by atoms with Gasteiger partial charge < -0.3 is 16.4 Å². The number of benzene rings is 3. The number of hydrogen-bond donors (Lipinski definition) is 3. The number of nitrogens with one attached hydrogen (secondary N) is 2. The summed E-state index contributed by atoms with van der Waals surface area (Å²) in [6.07, 6.45) is 0. The average Bonchev–Trinajstić information content (AvgIpc) is 2.66. The molecule has 1 aliphatic heterocycles. The number of hydrogen-bond acceptors (Lipinski definition) is 3. The Morgan fingerprint density at radius 1 is 1.07 bits per heavy atom. The van der Waals surface area contributed by atoms with Gasteiger partial charge in [-0.25, -0.2) is 0 Å². The van der Waals surface area contributed by atoms with Crippen LogP contribution in [0.1, 0.15) is 17.0 Å². The van der Waals surface area contributed by atoms with E-state index in [1.54, 1.807) is 0 Å². The molecule has 0 saturated heterocycles. The van der Waals surface area contributed by atoms with Gasteiger partial charge in [0.15, 0.2) is 5.11 Å². The Hall–Kier alpha value is -2.77. The summed E-state index contributed by atoms with van der Waals surface area (Å²) in [6, 6.07) is 19.4.